The van der Waals surface area contributed by atoms with Crippen molar-refractivity contribution in [1.29, 1.82) is 0 Å². The molecule has 0 radical (unpaired) electrons. The average molecular weight is 487 g/mol. The number of hydrogen-bond acceptors (Lipinski definition) is 3. The van der Waals surface area contributed by atoms with Crippen LogP contribution in [0, 0.1) is 0 Å². The van der Waals surface area contributed by atoms with Crippen LogP contribution in [-0.2, 0) is 6.54 Å². The van der Waals surface area contributed by atoms with Crippen molar-refractivity contribution in [2.45, 2.75) is 25.8 Å². The second-order valence-corrected chi connectivity index (χ2v) is 9.50. The number of likely N-dealkylation sites (tertiary alicyclic amines) is 1. The number of anilines is 2. The summed E-state index contributed by atoms with van der Waals surface area (Å²) >= 11 is 12.1. The molecule has 1 saturated heterocycles. The van der Waals surface area contributed by atoms with Crippen LogP contribution in [-0.4, -0.2) is 28.1 Å². The largest absolute Gasteiger partial charge is 0.332 e. The van der Waals surface area contributed by atoms with Crippen LogP contribution in [0.25, 0.3) is 22.0 Å². The molecule has 2 heterocycles. The topological polar surface area (TPSA) is 40.2 Å². The number of hydrogen-bond donors (Lipinski definition) is 2. The van der Waals surface area contributed by atoms with Crippen molar-refractivity contribution < 1.29 is 0 Å². The fraction of sp³-hybridized carbons (Fsp3) is 0.214. The summed E-state index contributed by atoms with van der Waals surface area (Å²) in [6.45, 7) is 3.41. The molecule has 2 N–H and O–H groups in total. The van der Waals surface area contributed by atoms with Gasteiger partial charge in [-0.3, -0.25) is 9.88 Å². The van der Waals surface area contributed by atoms with Crippen LogP contribution in [0.15, 0.2) is 79.0 Å². The third kappa shape index (κ3) is 5.39. The monoisotopic (exact) mass is 486 g/mol. The van der Waals surface area contributed by atoms with Crippen LogP contribution < -0.4 is 10.6 Å². The molecule has 0 bridgehead atoms. The number of nitrogens with zero attached hydrogens (tertiary/aromatic N) is 2. The van der Waals surface area contributed by atoms with Gasteiger partial charge in [-0.2, -0.15) is 0 Å². The molecule has 3 aromatic carbocycles. The third-order valence-corrected chi connectivity index (χ3v) is 6.75. The van der Waals surface area contributed by atoms with Crippen molar-refractivity contribution in [1.82, 2.24) is 9.88 Å². The lowest BCUT2D eigenvalue weighted by Gasteiger charge is -2.26. The molecule has 0 unspecified atom stereocenters. The minimum atomic E-state index is 0.530. The van der Waals surface area contributed by atoms with Gasteiger partial charge in [0.05, 0.1) is 10.7 Å². The molecular formula is C28H27ClN4S. The van der Waals surface area contributed by atoms with E-state index >= 15 is 0 Å². The number of thiocarbonyl (C=S) groups is 1. The lowest BCUT2D eigenvalue weighted by molar-refractivity contribution is 0.221. The van der Waals surface area contributed by atoms with Crippen LogP contribution in [0.1, 0.15) is 24.8 Å². The van der Waals surface area contributed by atoms with Gasteiger partial charge in [-0.05, 0) is 85.5 Å². The summed E-state index contributed by atoms with van der Waals surface area (Å²) in [5.74, 6) is 0. The molecule has 5 rings (SSSR count). The molecule has 0 amide bonds. The van der Waals surface area contributed by atoms with Gasteiger partial charge in [0.1, 0.15) is 0 Å². The van der Waals surface area contributed by atoms with Crippen LogP contribution in [0.3, 0.4) is 0 Å². The first-order valence-electron chi connectivity index (χ1n) is 11.7. The van der Waals surface area contributed by atoms with Crippen LogP contribution in [0.5, 0.6) is 0 Å². The van der Waals surface area contributed by atoms with E-state index in [9.17, 15) is 0 Å². The van der Waals surface area contributed by atoms with Crippen molar-refractivity contribution in [3.63, 3.8) is 0 Å². The average Bonchev–Trinajstić information content (AvgIpc) is 2.87. The number of piperidine rings is 1. The highest BCUT2D eigenvalue weighted by Crippen LogP contribution is 2.33. The summed E-state index contributed by atoms with van der Waals surface area (Å²) in [6, 6.07) is 24.5. The first-order chi connectivity index (χ1) is 16.7. The smallest absolute Gasteiger partial charge is 0.175 e. The summed E-state index contributed by atoms with van der Waals surface area (Å²) in [6.07, 6.45) is 5.79. The van der Waals surface area contributed by atoms with E-state index in [1.54, 1.807) is 0 Å². The zero-order chi connectivity index (χ0) is 23.3. The van der Waals surface area contributed by atoms with Gasteiger partial charge in [-0.25, -0.2) is 0 Å². The van der Waals surface area contributed by atoms with Crippen molar-refractivity contribution in [3.05, 3.63) is 89.6 Å². The fourth-order valence-corrected chi connectivity index (χ4v) is 4.92. The Morgan fingerprint density at radius 2 is 1.62 bits per heavy atom. The molecule has 172 valence electrons. The fourth-order valence-electron chi connectivity index (χ4n) is 4.48. The molecule has 1 aromatic heterocycles. The van der Waals surface area contributed by atoms with E-state index in [4.69, 9.17) is 23.8 Å². The Morgan fingerprint density at radius 3 is 2.44 bits per heavy atom. The van der Waals surface area contributed by atoms with Crippen LogP contribution >= 0.6 is 23.8 Å². The van der Waals surface area contributed by atoms with Gasteiger partial charge in [-0.1, -0.05) is 54.4 Å². The van der Waals surface area contributed by atoms with Gasteiger partial charge < -0.3 is 10.6 Å². The summed E-state index contributed by atoms with van der Waals surface area (Å²) in [5.41, 5.74) is 4.87. The molecule has 1 aliphatic rings. The molecule has 1 aliphatic heterocycles. The zero-order valence-electron chi connectivity index (χ0n) is 18.9. The van der Waals surface area contributed by atoms with E-state index < -0.39 is 0 Å². The lowest BCUT2D eigenvalue weighted by atomic mass is 10.0. The van der Waals surface area contributed by atoms with Crippen LogP contribution in [0.4, 0.5) is 11.4 Å². The van der Waals surface area contributed by atoms with Gasteiger partial charge in [0, 0.05) is 35.1 Å². The highest BCUT2D eigenvalue weighted by atomic mass is 35.5. The van der Waals surface area contributed by atoms with Crippen molar-refractivity contribution >= 4 is 51.1 Å². The highest BCUT2D eigenvalue weighted by molar-refractivity contribution is 7.80. The van der Waals surface area contributed by atoms with Gasteiger partial charge in [0.2, 0.25) is 0 Å². The molecule has 0 atom stereocenters. The van der Waals surface area contributed by atoms with Gasteiger partial charge in [0.15, 0.2) is 5.11 Å². The minimum Gasteiger partial charge on any atom is -0.332 e. The SMILES string of the molecule is S=C(Nc1ccc(CN2CCCCC2)cc1)Nc1ccc(Cl)c(-c2nccc3ccccc23)c1. The number of nitrogens with one attached hydrogen (secondary N) is 2. The normalized spacial score (nSPS) is 14.1. The number of pyridine rings is 1. The predicted molar refractivity (Wildman–Crippen MR) is 148 cm³/mol. The summed E-state index contributed by atoms with van der Waals surface area (Å²) in [5, 5.41) is 9.94. The minimum absolute atomic E-state index is 0.530. The molecule has 6 heteroatoms. The van der Waals surface area contributed by atoms with Crippen LogP contribution in [0.2, 0.25) is 5.02 Å². The van der Waals surface area contributed by atoms with Gasteiger partial charge in [-0.15, -0.1) is 0 Å². The molecule has 34 heavy (non-hydrogen) atoms. The summed E-state index contributed by atoms with van der Waals surface area (Å²) < 4.78 is 0. The Balaban J connectivity index is 1.27. The highest BCUT2D eigenvalue weighted by Gasteiger charge is 2.12. The second-order valence-electron chi connectivity index (χ2n) is 8.69. The Labute approximate surface area is 211 Å². The molecule has 1 fully saturated rings. The molecular weight excluding hydrogens is 460 g/mol. The van der Waals surface area contributed by atoms with Crippen molar-refractivity contribution in [3.8, 4) is 11.3 Å². The Morgan fingerprint density at radius 1 is 0.882 bits per heavy atom. The molecule has 4 aromatic rings. The first-order valence-corrected chi connectivity index (χ1v) is 12.5. The van der Waals surface area contributed by atoms with E-state index in [1.807, 2.05) is 42.6 Å². The maximum absolute atomic E-state index is 6.56. The first kappa shape index (κ1) is 22.8. The standard InChI is InChI=1S/C28H27ClN4S/c29-26-13-12-23(18-25(26)27-24-7-3-2-6-21(24)14-15-30-27)32-28(34)31-22-10-8-20(9-11-22)19-33-16-4-1-5-17-33/h2-3,6-15,18H,1,4-5,16-17,19H2,(H2,31,32,34). The second kappa shape index (κ2) is 10.5. The van der Waals surface area contributed by atoms with Gasteiger partial charge >= 0.3 is 0 Å². The Bertz CT molecular complexity index is 1290. The number of halogens is 1. The number of benzene rings is 3. The Kier molecular flexibility index (Phi) is 7.05. The Hall–Kier alpha value is -2.99. The lowest BCUT2D eigenvalue weighted by Crippen LogP contribution is -2.29. The van der Waals surface area contributed by atoms with E-state index in [1.165, 1.54) is 37.9 Å². The summed E-state index contributed by atoms with van der Waals surface area (Å²) in [7, 11) is 0. The van der Waals surface area contributed by atoms with Gasteiger partial charge in [0.25, 0.3) is 0 Å². The maximum atomic E-state index is 6.56. The van der Waals surface area contributed by atoms with E-state index in [2.05, 4.69) is 56.9 Å². The number of aromatic nitrogens is 1. The van der Waals surface area contributed by atoms with E-state index in [0.29, 0.717) is 10.1 Å². The predicted octanol–water partition coefficient (Wildman–Crippen LogP) is 7.35. The molecule has 4 nitrogen and oxygen atoms in total. The van der Waals surface area contributed by atoms with Crippen molar-refractivity contribution in [2.75, 3.05) is 23.7 Å². The number of rotatable bonds is 5. The molecule has 0 aliphatic carbocycles. The van der Waals surface area contributed by atoms with Crippen molar-refractivity contribution in [2.24, 2.45) is 0 Å². The quantitative estimate of drug-likeness (QED) is 0.288. The molecule has 0 spiro atoms. The molecule has 0 saturated carbocycles. The van der Waals surface area contributed by atoms with E-state index in [0.717, 1.165) is 39.9 Å². The van der Waals surface area contributed by atoms with E-state index in [-0.39, 0.29) is 0 Å². The number of fused-ring (bicyclic) bond motifs is 1. The maximum Gasteiger partial charge on any atom is 0.175 e. The third-order valence-electron chi connectivity index (χ3n) is 6.22. The zero-order valence-corrected chi connectivity index (χ0v) is 20.5. The summed E-state index contributed by atoms with van der Waals surface area (Å²) in [4.78, 5) is 7.14.